The first-order valence-corrected chi connectivity index (χ1v) is 9.90. The third kappa shape index (κ3) is 3.54. The van der Waals surface area contributed by atoms with Gasteiger partial charge in [0.2, 0.25) is 12.7 Å². The molecule has 0 saturated carbocycles. The third-order valence-electron chi connectivity index (χ3n) is 5.27. The minimum Gasteiger partial charge on any atom is -0.454 e. The second kappa shape index (κ2) is 7.97. The zero-order valence-corrected chi connectivity index (χ0v) is 17.1. The van der Waals surface area contributed by atoms with E-state index in [4.69, 9.17) is 14.2 Å². The number of amides is 2. The number of aromatic nitrogens is 2. The van der Waals surface area contributed by atoms with Gasteiger partial charge in [-0.15, -0.1) is 0 Å². The van der Waals surface area contributed by atoms with Gasteiger partial charge in [-0.05, 0) is 29.8 Å². The number of anilines is 2. The summed E-state index contributed by atoms with van der Waals surface area (Å²) in [7, 11) is 1.54. The molecule has 1 unspecified atom stereocenters. The second-order valence-corrected chi connectivity index (χ2v) is 7.38. The van der Waals surface area contributed by atoms with Gasteiger partial charge >= 0.3 is 0 Å². The van der Waals surface area contributed by atoms with Crippen LogP contribution in [0.25, 0.3) is 11.1 Å². The van der Waals surface area contributed by atoms with Crippen molar-refractivity contribution < 1.29 is 28.2 Å². The first kappa shape index (κ1) is 20.0. The Kier molecular flexibility index (Phi) is 4.98. The SMILES string of the molecule is COCc1nn2c(c1-c1ccc(F)cc1)NC(=O)C2CC(=O)Nc1ccc2c(c1)OCO2. The minimum atomic E-state index is -0.830. The van der Waals surface area contributed by atoms with E-state index in [-0.39, 0.29) is 37.5 Å². The zero-order chi connectivity index (χ0) is 22.2. The topological polar surface area (TPSA) is 104 Å². The highest BCUT2D eigenvalue weighted by atomic mass is 19.1. The van der Waals surface area contributed by atoms with E-state index in [1.165, 1.54) is 23.9 Å². The summed E-state index contributed by atoms with van der Waals surface area (Å²) >= 11 is 0. The molecule has 0 saturated heterocycles. The van der Waals surface area contributed by atoms with Gasteiger partial charge in [0.1, 0.15) is 17.7 Å². The highest BCUT2D eigenvalue weighted by Crippen LogP contribution is 2.39. The predicted molar refractivity (Wildman–Crippen MR) is 112 cm³/mol. The number of carbonyl (C=O) groups excluding carboxylic acids is 2. The molecule has 5 rings (SSSR count). The zero-order valence-electron chi connectivity index (χ0n) is 17.1. The Balaban J connectivity index is 1.40. The largest absolute Gasteiger partial charge is 0.454 e. The Hall–Kier alpha value is -3.92. The summed E-state index contributed by atoms with van der Waals surface area (Å²) in [5, 5.41) is 10.1. The molecule has 2 aliphatic heterocycles. The molecule has 2 N–H and O–H groups in total. The van der Waals surface area contributed by atoms with Crippen LogP contribution in [-0.2, 0) is 20.9 Å². The number of fused-ring (bicyclic) bond motifs is 2. The summed E-state index contributed by atoms with van der Waals surface area (Å²) in [4.78, 5) is 25.3. The fourth-order valence-corrected chi connectivity index (χ4v) is 3.84. The Morgan fingerprint density at radius 1 is 1.25 bits per heavy atom. The van der Waals surface area contributed by atoms with Gasteiger partial charge in [-0.2, -0.15) is 5.10 Å². The van der Waals surface area contributed by atoms with Crippen molar-refractivity contribution >= 4 is 23.3 Å². The molecule has 2 aromatic carbocycles. The molecule has 10 heteroatoms. The molecular formula is C22H19FN4O5. The molecule has 0 radical (unpaired) electrons. The number of methoxy groups -OCH3 is 1. The van der Waals surface area contributed by atoms with Crippen LogP contribution in [0.3, 0.4) is 0 Å². The summed E-state index contributed by atoms with van der Waals surface area (Å²) in [6.07, 6.45) is -0.121. The Bertz CT molecular complexity index is 1210. The number of hydrogen-bond donors (Lipinski definition) is 2. The normalized spacial score (nSPS) is 16.1. The van der Waals surface area contributed by atoms with E-state index in [2.05, 4.69) is 15.7 Å². The predicted octanol–water partition coefficient (Wildman–Crippen LogP) is 3.09. The molecule has 9 nitrogen and oxygen atoms in total. The maximum absolute atomic E-state index is 13.4. The summed E-state index contributed by atoms with van der Waals surface area (Å²) in [6.45, 7) is 0.329. The lowest BCUT2D eigenvalue weighted by atomic mass is 10.1. The van der Waals surface area contributed by atoms with Crippen LogP contribution in [0.1, 0.15) is 18.2 Å². The number of rotatable bonds is 6. The van der Waals surface area contributed by atoms with Gasteiger partial charge in [0, 0.05) is 24.4 Å². The van der Waals surface area contributed by atoms with E-state index in [1.807, 2.05) is 0 Å². The van der Waals surface area contributed by atoms with Crippen LogP contribution in [0.5, 0.6) is 11.5 Å². The van der Waals surface area contributed by atoms with E-state index >= 15 is 0 Å². The number of benzene rings is 2. The van der Waals surface area contributed by atoms with Gasteiger partial charge in [0.05, 0.1) is 18.7 Å². The summed E-state index contributed by atoms with van der Waals surface area (Å²) in [5.41, 5.74) is 2.44. The van der Waals surface area contributed by atoms with Gasteiger partial charge < -0.3 is 24.8 Å². The van der Waals surface area contributed by atoms with Crippen molar-refractivity contribution in [1.82, 2.24) is 9.78 Å². The fraction of sp³-hybridized carbons (Fsp3) is 0.227. The molecule has 0 bridgehead atoms. The molecule has 0 spiro atoms. The lowest BCUT2D eigenvalue weighted by molar-refractivity contribution is -0.123. The molecule has 0 aliphatic carbocycles. The van der Waals surface area contributed by atoms with Crippen LogP contribution in [0.15, 0.2) is 42.5 Å². The Morgan fingerprint density at radius 3 is 2.81 bits per heavy atom. The Labute approximate surface area is 182 Å². The van der Waals surface area contributed by atoms with Crippen molar-refractivity contribution in [3.63, 3.8) is 0 Å². The van der Waals surface area contributed by atoms with Gasteiger partial charge in [-0.25, -0.2) is 9.07 Å². The summed E-state index contributed by atoms with van der Waals surface area (Å²) in [5.74, 6) is 0.536. The van der Waals surface area contributed by atoms with Crippen LogP contribution >= 0.6 is 0 Å². The summed E-state index contributed by atoms with van der Waals surface area (Å²) < 4.78 is 30.7. The van der Waals surface area contributed by atoms with Gasteiger partial charge in [-0.3, -0.25) is 9.59 Å². The molecule has 32 heavy (non-hydrogen) atoms. The number of carbonyl (C=O) groups is 2. The first-order valence-electron chi connectivity index (χ1n) is 9.90. The van der Waals surface area contributed by atoms with Crippen LogP contribution in [-0.4, -0.2) is 35.5 Å². The minimum absolute atomic E-state index is 0.121. The van der Waals surface area contributed by atoms with Gasteiger partial charge in [0.25, 0.3) is 5.91 Å². The molecule has 3 heterocycles. The van der Waals surface area contributed by atoms with Crippen molar-refractivity contribution in [2.45, 2.75) is 19.1 Å². The third-order valence-corrected chi connectivity index (χ3v) is 5.27. The molecule has 0 fully saturated rings. The van der Waals surface area contributed by atoms with Crippen molar-refractivity contribution in [3.05, 3.63) is 54.0 Å². The van der Waals surface area contributed by atoms with Crippen molar-refractivity contribution in [2.24, 2.45) is 0 Å². The first-order chi connectivity index (χ1) is 15.5. The van der Waals surface area contributed by atoms with E-state index in [0.717, 1.165) is 0 Å². The second-order valence-electron chi connectivity index (χ2n) is 7.38. The molecule has 1 atom stereocenters. The van der Waals surface area contributed by atoms with Gasteiger partial charge in [0.15, 0.2) is 11.5 Å². The maximum Gasteiger partial charge on any atom is 0.251 e. The van der Waals surface area contributed by atoms with Gasteiger partial charge in [-0.1, -0.05) is 12.1 Å². The smallest absolute Gasteiger partial charge is 0.251 e. The highest BCUT2D eigenvalue weighted by Gasteiger charge is 2.37. The van der Waals surface area contributed by atoms with Crippen LogP contribution in [0.4, 0.5) is 15.9 Å². The van der Waals surface area contributed by atoms with E-state index in [1.54, 1.807) is 30.3 Å². The molecular weight excluding hydrogens is 419 g/mol. The highest BCUT2D eigenvalue weighted by molar-refractivity contribution is 6.04. The molecule has 164 valence electrons. The summed E-state index contributed by atoms with van der Waals surface area (Å²) in [6, 6.07) is 10.1. The number of ether oxygens (including phenoxy) is 3. The quantitative estimate of drug-likeness (QED) is 0.613. The maximum atomic E-state index is 13.4. The molecule has 3 aromatic rings. The number of nitrogens with one attached hydrogen (secondary N) is 2. The average molecular weight is 438 g/mol. The lowest BCUT2D eigenvalue weighted by Crippen LogP contribution is -2.24. The lowest BCUT2D eigenvalue weighted by Gasteiger charge is -2.10. The monoisotopic (exact) mass is 438 g/mol. The van der Waals surface area contributed by atoms with E-state index < -0.39 is 6.04 Å². The number of halogens is 1. The van der Waals surface area contributed by atoms with Crippen molar-refractivity contribution in [3.8, 4) is 22.6 Å². The van der Waals surface area contributed by atoms with Crippen molar-refractivity contribution in [2.75, 3.05) is 24.5 Å². The van der Waals surface area contributed by atoms with Crippen LogP contribution in [0.2, 0.25) is 0 Å². The van der Waals surface area contributed by atoms with Crippen LogP contribution in [0, 0.1) is 5.82 Å². The van der Waals surface area contributed by atoms with E-state index in [0.29, 0.717) is 39.8 Å². The molecule has 2 amide bonds. The standard InChI is InChI=1S/C22H19FN4O5/c1-30-10-15-20(12-2-4-13(23)5-3-12)21-25-22(29)16(27(21)26-15)9-19(28)24-14-6-7-17-18(8-14)32-11-31-17/h2-8,16H,9-11H2,1H3,(H,24,28)(H,25,29). The average Bonchev–Trinajstić information content (AvgIpc) is 3.44. The molecule has 1 aromatic heterocycles. The van der Waals surface area contributed by atoms with E-state index in [9.17, 15) is 14.0 Å². The fourth-order valence-electron chi connectivity index (χ4n) is 3.84. The number of nitrogens with zero attached hydrogens (tertiary/aromatic N) is 2. The Morgan fingerprint density at radius 2 is 2.03 bits per heavy atom. The van der Waals surface area contributed by atoms with Crippen molar-refractivity contribution in [1.29, 1.82) is 0 Å². The van der Waals surface area contributed by atoms with Crippen LogP contribution < -0.4 is 20.1 Å². The molecule has 2 aliphatic rings. The number of hydrogen-bond acceptors (Lipinski definition) is 6.